The van der Waals surface area contributed by atoms with Crippen molar-refractivity contribution in [2.45, 2.75) is 78.2 Å². The molecule has 0 amide bonds. The smallest absolute Gasteiger partial charge is 0.305 e. The number of hydrogen-bond donors (Lipinski definition) is 0. The van der Waals surface area contributed by atoms with Gasteiger partial charge in [-0.05, 0) is 80.5 Å². The molecular weight excluding hydrogens is 428 g/mol. The van der Waals surface area contributed by atoms with Crippen LogP contribution in [-0.2, 0) is 22.4 Å². The zero-order valence-corrected chi connectivity index (χ0v) is 21.0. The molecule has 0 spiro atoms. The van der Waals surface area contributed by atoms with E-state index < -0.39 is 0 Å². The van der Waals surface area contributed by atoms with Crippen molar-refractivity contribution in [2.75, 3.05) is 13.7 Å². The Labute approximate surface area is 203 Å². The van der Waals surface area contributed by atoms with Gasteiger partial charge in [0.1, 0.15) is 11.5 Å². The molecule has 1 aliphatic rings. The molecule has 0 aliphatic heterocycles. The molecule has 1 unspecified atom stereocenters. The number of benzene rings is 2. The standard InChI is InChI=1S/C29H38O5/c1-5-22-10-14-27(26(19-22)29(31)24-8-6-7-9-24)34-21(3)16-17-33-25-13-11-23(20(2)18-25)12-15-28(30)32-4/h10-11,13-14,18-19,21,24H,5-9,12,15-17H2,1-4H3. The number of rotatable bonds is 12. The van der Waals surface area contributed by atoms with Gasteiger partial charge in [-0.1, -0.05) is 31.9 Å². The first-order valence-corrected chi connectivity index (χ1v) is 12.5. The van der Waals surface area contributed by atoms with Crippen LogP contribution < -0.4 is 9.47 Å². The molecular formula is C29H38O5. The van der Waals surface area contributed by atoms with Crippen molar-refractivity contribution < 1.29 is 23.8 Å². The van der Waals surface area contributed by atoms with E-state index in [9.17, 15) is 9.59 Å². The Kier molecular flexibility index (Phi) is 9.55. The van der Waals surface area contributed by atoms with Crippen LogP contribution in [0, 0.1) is 12.8 Å². The summed E-state index contributed by atoms with van der Waals surface area (Å²) in [6, 6.07) is 12.0. The molecule has 0 aromatic heterocycles. The molecule has 1 aliphatic carbocycles. The highest BCUT2D eigenvalue weighted by Gasteiger charge is 2.26. The number of aryl methyl sites for hydroxylation is 3. The molecule has 1 atom stereocenters. The van der Waals surface area contributed by atoms with E-state index in [0.29, 0.717) is 31.6 Å². The van der Waals surface area contributed by atoms with Gasteiger partial charge in [-0.2, -0.15) is 0 Å². The lowest BCUT2D eigenvalue weighted by Crippen LogP contribution is -2.19. The molecule has 5 nitrogen and oxygen atoms in total. The Morgan fingerprint density at radius 1 is 1.09 bits per heavy atom. The molecule has 0 bridgehead atoms. The number of methoxy groups -OCH3 is 1. The maximum Gasteiger partial charge on any atom is 0.305 e. The van der Waals surface area contributed by atoms with Crippen molar-refractivity contribution in [3.63, 3.8) is 0 Å². The third-order valence-electron chi connectivity index (χ3n) is 6.71. The summed E-state index contributed by atoms with van der Waals surface area (Å²) in [7, 11) is 1.41. The van der Waals surface area contributed by atoms with Gasteiger partial charge in [0.05, 0.1) is 25.4 Å². The Bertz CT molecular complexity index is 974. The van der Waals surface area contributed by atoms with Crippen LogP contribution in [0.3, 0.4) is 0 Å². The number of ether oxygens (including phenoxy) is 3. The summed E-state index contributed by atoms with van der Waals surface area (Å²) in [6.45, 7) is 6.66. The fourth-order valence-electron chi connectivity index (χ4n) is 4.50. The van der Waals surface area contributed by atoms with E-state index >= 15 is 0 Å². The molecule has 1 fully saturated rings. The predicted octanol–water partition coefficient (Wildman–Crippen LogP) is 6.27. The van der Waals surface area contributed by atoms with Crippen LogP contribution in [0.25, 0.3) is 0 Å². The zero-order chi connectivity index (χ0) is 24.5. The van der Waals surface area contributed by atoms with Gasteiger partial charge < -0.3 is 14.2 Å². The summed E-state index contributed by atoms with van der Waals surface area (Å²) < 4.78 is 16.9. The lowest BCUT2D eigenvalue weighted by atomic mass is 9.94. The second-order valence-corrected chi connectivity index (χ2v) is 9.26. The number of Topliss-reactive ketones (excluding diaryl/α,β-unsaturated/α-hetero) is 1. The van der Waals surface area contributed by atoms with Crippen LogP contribution in [0.1, 0.15) is 79.4 Å². The number of carbonyl (C=O) groups excluding carboxylic acids is 2. The van der Waals surface area contributed by atoms with E-state index in [-0.39, 0.29) is 23.8 Å². The summed E-state index contributed by atoms with van der Waals surface area (Å²) in [5, 5.41) is 0. The minimum Gasteiger partial charge on any atom is -0.493 e. The maximum absolute atomic E-state index is 13.1. The van der Waals surface area contributed by atoms with Crippen LogP contribution in [0.4, 0.5) is 0 Å². The first-order chi connectivity index (χ1) is 16.4. The highest BCUT2D eigenvalue weighted by molar-refractivity contribution is 6.00. The lowest BCUT2D eigenvalue weighted by molar-refractivity contribution is -0.140. The Balaban J connectivity index is 1.55. The minimum atomic E-state index is -0.203. The van der Waals surface area contributed by atoms with Crippen molar-refractivity contribution >= 4 is 11.8 Å². The Morgan fingerprint density at radius 3 is 2.53 bits per heavy atom. The Hall–Kier alpha value is -2.82. The molecule has 0 N–H and O–H groups in total. The molecule has 2 aromatic carbocycles. The SMILES string of the molecule is CCc1ccc(OC(C)CCOc2ccc(CCC(=O)OC)c(C)c2)c(C(=O)C2CCCC2)c1. The molecule has 0 radical (unpaired) electrons. The first kappa shape index (κ1) is 25.8. The average molecular weight is 467 g/mol. The predicted molar refractivity (Wildman–Crippen MR) is 134 cm³/mol. The summed E-state index contributed by atoms with van der Waals surface area (Å²) >= 11 is 0. The molecule has 5 heteroatoms. The quantitative estimate of drug-likeness (QED) is 0.272. The van der Waals surface area contributed by atoms with Crippen LogP contribution >= 0.6 is 0 Å². The van der Waals surface area contributed by atoms with Crippen molar-refractivity contribution in [2.24, 2.45) is 5.92 Å². The van der Waals surface area contributed by atoms with Crippen LogP contribution in [0.2, 0.25) is 0 Å². The maximum atomic E-state index is 13.1. The summed E-state index contributed by atoms with van der Waals surface area (Å²) in [5.74, 6) is 1.65. The van der Waals surface area contributed by atoms with E-state index in [2.05, 4.69) is 13.0 Å². The molecule has 0 saturated heterocycles. The number of esters is 1. The number of hydrogen-bond acceptors (Lipinski definition) is 5. The second-order valence-electron chi connectivity index (χ2n) is 9.26. The number of ketones is 1. The highest BCUT2D eigenvalue weighted by atomic mass is 16.5. The van der Waals surface area contributed by atoms with Gasteiger partial charge in [-0.15, -0.1) is 0 Å². The van der Waals surface area contributed by atoms with Crippen LogP contribution in [0.5, 0.6) is 11.5 Å². The van der Waals surface area contributed by atoms with E-state index in [1.54, 1.807) is 0 Å². The third kappa shape index (κ3) is 7.09. The highest BCUT2D eigenvalue weighted by Crippen LogP contribution is 2.32. The normalized spacial score (nSPS) is 14.6. The molecule has 34 heavy (non-hydrogen) atoms. The largest absolute Gasteiger partial charge is 0.493 e. The van der Waals surface area contributed by atoms with E-state index in [1.807, 2.05) is 44.2 Å². The average Bonchev–Trinajstić information content (AvgIpc) is 3.38. The van der Waals surface area contributed by atoms with Gasteiger partial charge in [-0.3, -0.25) is 9.59 Å². The topological polar surface area (TPSA) is 61.8 Å². The molecule has 1 saturated carbocycles. The Morgan fingerprint density at radius 2 is 1.85 bits per heavy atom. The van der Waals surface area contributed by atoms with Gasteiger partial charge in [0.2, 0.25) is 0 Å². The van der Waals surface area contributed by atoms with Crippen molar-refractivity contribution in [3.8, 4) is 11.5 Å². The van der Waals surface area contributed by atoms with Gasteiger partial charge in [-0.25, -0.2) is 0 Å². The van der Waals surface area contributed by atoms with Gasteiger partial charge >= 0.3 is 5.97 Å². The fourth-order valence-corrected chi connectivity index (χ4v) is 4.50. The van der Waals surface area contributed by atoms with E-state index in [1.165, 1.54) is 7.11 Å². The van der Waals surface area contributed by atoms with Crippen molar-refractivity contribution in [1.82, 2.24) is 0 Å². The van der Waals surface area contributed by atoms with Crippen molar-refractivity contribution in [1.29, 1.82) is 0 Å². The molecule has 2 aromatic rings. The fraction of sp³-hybridized carbons (Fsp3) is 0.517. The zero-order valence-electron chi connectivity index (χ0n) is 21.0. The van der Waals surface area contributed by atoms with E-state index in [4.69, 9.17) is 14.2 Å². The lowest BCUT2D eigenvalue weighted by Gasteiger charge is -2.19. The number of carbonyl (C=O) groups is 2. The summed E-state index contributed by atoms with van der Waals surface area (Å²) in [4.78, 5) is 24.5. The summed E-state index contributed by atoms with van der Waals surface area (Å²) in [5.41, 5.74) is 4.11. The van der Waals surface area contributed by atoms with Gasteiger partial charge in [0.15, 0.2) is 5.78 Å². The molecule has 184 valence electrons. The van der Waals surface area contributed by atoms with Crippen molar-refractivity contribution in [3.05, 3.63) is 58.7 Å². The first-order valence-electron chi connectivity index (χ1n) is 12.5. The van der Waals surface area contributed by atoms with Gasteiger partial charge in [0.25, 0.3) is 0 Å². The third-order valence-corrected chi connectivity index (χ3v) is 6.71. The van der Waals surface area contributed by atoms with Crippen LogP contribution in [-0.4, -0.2) is 31.6 Å². The monoisotopic (exact) mass is 466 g/mol. The minimum absolute atomic E-state index is 0.0805. The van der Waals surface area contributed by atoms with Crippen LogP contribution in [0.15, 0.2) is 36.4 Å². The molecule has 0 heterocycles. The second kappa shape index (κ2) is 12.6. The molecule has 3 rings (SSSR count). The summed E-state index contributed by atoms with van der Waals surface area (Å²) in [6.07, 6.45) is 6.80. The van der Waals surface area contributed by atoms with E-state index in [0.717, 1.165) is 60.1 Å². The van der Waals surface area contributed by atoms with Gasteiger partial charge in [0, 0.05) is 18.8 Å².